The summed E-state index contributed by atoms with van der Waals surface area (Å²) in [5.74, 6) is 1.29. The van der Waals surface area contributed by atoms with Crippen LogP contribution in [0.15, 0.2) is 34.9 Å². The number of benzene rings is 1. The van der Waals surface area contributed by atoms with Gasteiger partial charge in [-0.1, -0.05) is 17.3 Å². The largest absolute Gasteiger partial charge is 0.496 e. The Bertz CT molecular complexity index is 695. The third-order valence-electron chi connectivity index (χ3n) is 3.87. The number of para-hydroxylation sites is 1. The number of ether oxygens (including phenoxy) is 1. The quantitative estimate of drug-likeness (QED) is 0.759. The monoisotopic (exact) mass is 334 g/mol. The molecule has 0 aliphatic heterocycles. The van der Waals surface area contributed by atoms with E-state index in [1.807, 2.05) is 30.3 Å². The van der Waals surface area contributed by atoms with Crippen LogP contribution >= 0.6 is 11.6 Å². The van der Waals surface area contributed by atoms with Crippen LogP contribution in [0.5, 0.6) is 5.75 Å². The minimum atomic E-state index is -0.531. The van der Waals surface area contributed by atoms with E-state index in [0.29, 0.717) is 18.0 Å². The standard InChI is InChI=1S/C17H19ClN2O3/c1-11(18)17(21)20(13-7-8-13)10-12-9-16(23-19-12)14-5-3-4-6-15(14)22-2/h3-6,9,11,13H,7-8,10H2,1-2H3/t11-/m1/s1. The van der Waals surface area contributed by atoms with E-state index in [0.717, 1.165) is 24.2 Å². The highest BCUT2D eigenvalue weighted by Crippen LogP contribution is 2.32. The van der Waals surface area contributed by atoms with Crippen molar-refractivity contribution in [2.24, 2.45) is 0 Å². The molecule has 1 fully saturated rings. The van der Waals surface area contributed by atoms with E-state index in [9.17, 15) is 4.79 Å². The number of methoxy groups -OCH3 is 1. The van der Waals surface area contributed by atoms with Crippen molar-refractivity contribution < 1.29 is 14.1 Å². The molecule has 1 aromatic carbocycles. The summed E-state index contributed by atoms with van der Waals surface area (Å²) in [4.78, 5) is 14.0. The first-order chi connectivity index (χ1) is 11.1. The van der Waals surface area contributed by atoms with Crippen LogP contribution in [0.25, 0.3) is 11.3 Å². The van der Waals surface area contributed by atoms with Crippen molar-refractivity contribution in [2.75, 3.05) is 7.11 Å². The fourth-order valence-corrected chi connectivity index (χ4v) is 2.66. The molecule has 1 saturated carbocycles. The molecule has 3 rings (SSSR count). The molecule has 0 spiro atoms. The van der Waals surface area contributed by atoms with Gasteiger partial charge in [0.15, 0.2) is 5.76 Å². The molecule has 1 amide bonds. The van der Waals surface area contributed by atoms with E-state index in [2.05, 4.69) is 5.16 Å². The maximum Gasteiger partial charge on any atom is 0.240 e. The molecule has 1 atom stereocenters. The topological polar surface area (TPSA) is 55.6 Å². The predicted molar refractivity (Wildman–Crippen MR) is 87.4 cm³/mol. The van der Waals surface area contributed by atoms with Gasteiger partial charge in [0.25, 0.3) is 0 Å². The van der Waals surface area contributed by atoms with E-state index in [-0.39, 0.29) is 11.9 Å². The first-order valence-corrected chi connectivity index (χ1v) is 8.07. The summed E-state index contributed by atoms with van der Waals surface area (Å²) in [6, 6.07) is 9.71. The minimum Gasteiger partial charge on any atom is -0.496 e. The molecule has 0 bridgehead atoms. The third-order valence-corrected chi connectivity index (χ3v) is 4.06. The smallest absolute Gasteiger partial charge is 0.240 e. The second-order valence-electron chi connectivity index (χ2n) is 5.70. The van der Waals surface area contributed by atoms with Crippen LogP contribution < -0.4 is 4.74 Å². The lowest BCUT2D eigenvalue weighted by Gasteiger charge is -2.22. The molecular weight excluding hydrogens is 316 g/mol. The molecule has 0 saturated heterocycles. The van der Waals surface area contributed by atoms with Crippen molar-refractivity contribution in [3.8, 4) is 17.1 Å². The summed E-state index contributed by atoms with van der Waals surface area (Å²) in [6.45, 7) is 2.11. The van der Waals surface area contributed by atoms with Gasteiger partial charge in [-0.2, -0.15) is 0 Å². The molecule has 23 heavy (non-hydrogen) atoms. The van der Waals surface area contributed by atoms with Gasteiger partial charge in [0, 0.05) is 12.1 Å². The lowest BCUT2D eigenvalue weighted by atomic mass is 10.1. The van der Waals surface area contributed by atoms with Gasteiger partial charge in [-0.05, 0) is 31.9 Å². The van der Waals surface area contributed by atoms with Crippen LogP contribution in [0.1, 0.15) is 25.5 Å². The van der Waals surface area contributed by atoms with Crippen LogP contribution in [0.3, 0.4) is 0 Å². The molecule has 6 heteroatoms. The maximum atomic E-state index is 12.2. The molecule has 0 unspecified atom stereocenters. The Balaban J connectivity index is 1.80. The molecule has 0 N–H and O–H groups in total. The van der Waals surface area contributed by atoms with Crippen molar-refractivity contribution in [3.05, 3.63) is 36.0 Å². The van der Waals surface area contributed by atoms with Gasteiger partial charge in [0.1, 0.15) is 16.8 Å². The number of carbonyl (C=O) groups is 1. The summed E-state index contributed by atoms with van der Waals surface area (Å²) in [6.07, 6.45) is 2.04. The van der Waals surface area contributed by atoms with E-state index in [4.69, 9.17) is 20.9 Å². The fourth-order valence-electron chi connectivity index (χ4n) is 2.54. The highest BCUT2D eigenvalue weighted by atomic mass is 35.5. The number of carbonyl (C=O) groups excluding carboxylic acids is 1. The lowest BCUT2D eigenvalue weighted by Crippen LogP contribution is -2.37. The maximum absolute atomic E-state index is 12.2. The zero-order valence-corrected chi connectivity index (χ0v) is 13.9. The second-order valence-corrected chi connectivity index (χ2v) is 6.35. The average Bonchev–Trinajstić information content (AvgIpc) is 3.30. The zero-order valence-electron chi connectivity index (χ0n) is 13.2. The fraction of sp³-hybridized carbons (Fsp3) is 0.412. The molecule has 122 valence electrons. The van der Waals surface area contributed by atoms with Gasteiger partial charge in [-0.15, -0.1) is 11.6 Å². The molecule has 1 aliphatic rings. The summed E-state index contributed by atoms with van der Waals surface area (Å²) in [7, 11) is 1.62. The molecule has 1 aromatic heterocycles. The first kappa shape index (κ1) is 15.9. The number of nitrogens with zero attached hydrogens (tertiary/aromatic N) is 2. The molecule has 2 aromatic rings. The Morgan fingerprint density at radius 3 is 2.87 bits per heavy atom. The van der Waals surface area contributed by atoms with Crippen LogP contribution in [0.2, 0.25) is 0 Å². The summed E-state index contributed by atoms with van der Waals surface area (Å²) < 4.78 is 10.8. The second kappa shape index (κ2) is 6.62. The number of halogens is 1. The first-order valence-electron chi connectivity index (χ1n) is 7.63. The Morgan fingerprint density at radius 2 is 2.22 bits per heavy atom. The Kier molecular flexibility index (Phi) is 4.57. The summed E-state index contributed by atoms with van der Waals surface area (Å²) in [5.41, 5.74) is 1.55. The zero-order chi connectivity index (χ0) is 16.4. The Morgan fingerprint density at radius 1 is 1.48 bits per heavy atom. The van der Waals surface area contributed by atoms with Crippen molar-refractivity contribution in [3.63, 3.8) is 0 Å². The molecular formula is C17H19ClN2O3. The van der Waals surface area contributed by atoms with E-state index >= 15 is 0 Å². The van der Waals surface area contributed by atoms with Crippen LogP contribution in [0.4, 0.5) is 0 Å². The van der Waals surface area contributed by atoms with Crippen molar-refractivity contribution in [1.82, 2.24) is 10.1 Å². The highest BCUT2D eigenvalue weighted by Gasteiger charge is 2.34. The number of amides is 1. The van der Waals surface area contributed by atoms with Crippen LogP contribution in [-0.4, -0.2) is 34.5 Å². The number of rotatable bonds is 6. The van der Waals surface area contributed by atoms with Gasteiger partial charge in [0.05, 0.1) is 19.2 Å². The Hall–Kier alpha value is -2.01. The van der Waals surface area contributed by atoms with Crippen molar-refractivity contribution in [1.29, 1.82) is 0 Å². The van der Waals surface area contributed by atoms with E-state index in [1.54, 1.807) is 18.9 Å². The van der Waals surface area contributed by atoms with E-state index < -0.39 is 5.38 Å². The number of aromatic nitrogens is 1. The minimum absolute atomic E-state index is 0.0593. The van der Waals surface area contributed by atoms with Crippen molar-refractivity contribution in [2.45, 2.75) is 37.7 Å². The number of alkyl halides is 1. The summed E-state index contributed by atoms with van der Waals surface area (Å²) >= 11 is 5.95. The van der Waals surface area contributed by atoms with Crippen molar-refractivity contribution >= 4 is 17.5 Å². The molecule has 1 heterocycles. The lowest BCUT2D eigenvalue weighted by molar-refractivity contribution is -0.131. The van der Waals surface area contributed by atoms with Gasteiger partial charge < -0.3 is 14.2 Å². The van der Waals surface area contributed by atoms with Gasteiger partial charge >= 0.3 is 0 Å². The highest BCUT2D eigenvalue weighted by molar-refractivity contribution is 6.30. The third kappa shape index (κ3) is 3.50. The summed E-state index contributed by atoms with van der Waals surface area (Å²) in [5, 5.41) is 3.56. The number of hydrogen-bond acceptors (Lipinski definition) is 4. The molecule has 5 nitrogen and oxygen atoms in total. The van der Waals surface area contributed by atoms with E-state index in [1.165, 1.54) is 0 Å². The van der Waals surface area contributed by atoms with Crippen LogP contribution in [0, 0.1) is 0 Å². The molecule has 0 radical (unpaired) electrons. The SMILES string of the molecule is COc1ccccc1-c1cc(CN(C(=O)[C@@H](C)Cl)C2CC2)no1. The Labute approximate surface area is 140 Å². The van der Waals surface area contributed by atoms with Gasteiger partial charge in [0.2, 0.25) is 5.91 Å². The predicted octanol–water partition coefficient (Wildman–Crippen LogP) is 3.47. The van der Waals surface area contributed by atoms with Gasteiger partial charge in [-0.25, -0.2) is 0 Å². The van der Waals surface area contributed by atoms with Gasteiger partial charge in [-0.3, -0.25) is 4.79 Å². The van der Waals surface area contributed by atoms with Crippen LogP contribution in [-0.2, 0) is 11.3 Å². The average molecular weight is 335 g/mol. The normalized spacial score (nSPS) is 15.3. The number of hydrogen-bond donors (Lipinski definition) is 0. The molecule has 1 aliphatic carbocycles.